The number of rotatable bonds is 0. The summed E-state index contributed by atoms with van der Waals surface area (Å²) in [7, 11) is 0. The number of fused-ring (bicyclic) bond motifs is 5. The first-order valence-corrected chi connectivity index (χ1v) is 9.80. The second-order valence-electron chi connectivity index (χ2n) is 9.22. The van der Waals surface area contributed by atoms with Crippen molar-refractivity contribution in [3.8, 4) is 11.5 Å². The van der Waals surface area contributed by atoms with Crippen LogP contribution < -0.4 is 4.74 Å². The van der Waals surface area contributed by atoms with Gasteiger partial charge < -0.3 is 9.47 Å². The van der Waals surface area contributed by atoms with Crippen LogP contribution in [-0.4, -0.2) is 5.60 Å². The van der Waals surface area contributed by atoms with E-state index in [2.05, 4.69) is 63.2 Å². The molecule has 0 radical (unpaired) electrons. The van der Waals surface area contributed by atoms with E-state index < -0.39 is 0 Å². The van der Waals surface area contributed by atoms with E-state index in [1.165, 1.54) is 17.6 Å². The summed E-state index contributed by atoms with van der Waals surface area (Å²) < 4.78 is 13.2. The second-order valence-corrected chi connectivity index (χ2v) is 9.22. The zero-order valence-electron chi connectivity index (χ0n) is 15.6. The number of hydrogen-bond acceptors (Lipinski definition) is 2. The Morgan fingerprint density at radius 2 is 1.54 bits per heavy atom. The summed E-state index contributed by atoms with van der Waals surface area (Å²) in [6.45, 7) is 7.26. The van der Waals surface area contributed by atoms with Crippen LogP contribution in [0.15, 0.2) is 48.5 Å². The van der Waals surface area contributed by atoms with E-state index in [-0.39, 0.29) is 5.60 Å². The summed E-state index contributed by atoms with van der Waals surface area (Å²) in [5.74, 6) is 4.82. The van der Waals surface area contributed by atoms with Crippen LogP contribution in [-0.2, 0) is 4.74 Å². The molecule has 6 rings (SSSR count). The van der Waals surface area contributed by atoms with Gasteiger partial charge in [0.25, 0.3) is 0 Å². The van der Waals surface area contributed by atoms with Crippen molar-refractivity contribution in [3.05, 3.63) is 59.7 Å². The van der Waals surface area contributed by atoms with E-state index in [0.29, 0.717) is 17.3 Å². The largest absolute Gasteiger partial charge is 0.486 e. The molecule has 2 aliphatic heterocycles. The van der Waals surface area contributed by atoms with Crippen LogP contribution >= 0.6 is 0 Å². The summed E-state index contributed by atoms with van der Waals surface area (Å²) in [6, 6.07) is 16.8. The molecule has 2 aromatic rings. The minimum absolute atomic E-state index is 0.0456. The molecule has 2 saturated carbocycles. The highest BCUT2D eigenvalue weighted by Gasteiger charge is 2.70. The monoisotopic (exact) mass is 344 g/mol. The number of para-hydroxylation sites is 2. The zero-order valence-corrected chi connectivity index (χ0v) is 15.6. The van der Waals surface area contributed by atoms with Crippen molar-refractivity contribution in [1.82, 2.24) is 0 Å². The molecule has 0 aromatic heterocycles. The molecule has 132 valence electrons. The van der Waals surface area contributed by atoms with Gasteiger partial charge in [-0.2, -0.15) is 0 Å². The van der Waals surface area contributed by atoms with E-state index >= 15 is 0 Å². The topological polar surface area (TPSA) is 18.5 Å². The Morgan fingerprint density at radius 1 is 0.885 bits per heavy atom. The molecule has 0 N–H and O–H groups in total. The molecule has 0 unspecified atom stereocenters. The molecule has 0 amide bonds. The summed E-state index contributed by atoms with van der Waals surface area (Å²) in [5, 5.41) is 0. The molecule has 2 heterocycles. The van der Waals surface area contributed by atoms with Crippen molar-refractivity contribution in [3.63, 3.8) is 0 Å². The van der Waals surface area contributed by atoms with Crippen LogP contribution in [0.4, 0.5) is 0 Å². The first-order chi connectivity index (χ1) is 12.5. The first kappa shape index (κ1) is 14.9. The molecular weight excluding hydrogens is 320 g/mol. The van der Waals surface area contributed by atoms with E-state index in [1.54, 1.807) is 0 Å². The van der Waals surface area contributed by atoms with Gasteiger partial charge in [0.1, 0.15) is 22.9 Å². The number of allylic oxidation sites excluding steroid dienone is 1. The Kier molecular flexibility index (Phi) is 2.60. The number of ether oxygens (including phenoxy) is 2. The maximum atomic E-state index is 6.86. The third kappa shape index (κ3) is 1.60. The molecule has 0 bridgehead atoms. The van der Waals surface area contributed by atoms with Crippen LogP contribution in [0.5, 0.6) is 11.5 Å². The van der Waals surface area contributed by atoms with Gasteiger partial charge in [0.15, 0.2) is 0 Å². The number of hydrogen-bond donors (Lipinski definition) is 0. The molecule has 4 aliphatic rings. The third-order valence-corrected chi connectivity index (χ3v) is 7.63. The smallest absolute Gasteiger partial charge is 0.138 e. The van der Waals surface area contributed by atoms with Crippen molar-refractivity contribution in [2.24, 2.45) is 23.2 Å². The molecule has 0 saturated heterocycles. The Labute approximate surface area is 154 Å². The van der Waals surface area contributed by atoms with Gasteiger partial charge in [-0.3, -0.25) is 0 Å². The Balaban J connectivity index is 1.69. The second kappa shape index (κ2) is 4.54. The predicted molar refractivity (Wildman–Crippen MR) is 103 cm³/mol. The molecule has 2 aliphatic carbocycles. The van der Waals surface area contributed by atoms with Gasteiger partial charge in [-0.05, 0) is 49.3 Å². The lowest BCUT2D eigenvalue weighted by Gasteiger charge is -2.62. The highest BCUT2D eigenvalue weighted by Crippen LogP contribution is 2.74. The fraction of sp³-hybridized carbons (Fsp3) is 0.417. The van der Waals surface area contributed by atoms with Crippen molar-refractivity contribution < 1.29 is 9.47 Å². The molecule has 2 aromatic carbocycles. The van der Waals surface area contributed by atoms with Crippen molar-refractivity contribution in [2.45, 2.75) is 39.2 Å². The average Bonchev–Trinajstić information content (AvgIpc) is 2.91. The highest BCUT2D eigenvalue weighted by molar-refractivity contribution is 5.95. The molecule has 0 spiro atoms. The maximum Gasteiger partial charge on any atom is 0.138 e. The van der Waals surface area contributed by atoms with Crippen molar-refractivity contribution in [2.75, 3.05) is 0 Å². The van der Waals surface area contributed by atoms with Crippen LogP contribution in [0.2, 0.25) is 0 Å². The van der Waals surface area contributed by atoms with Crippen LogP contribution in [0.1, 0.15) is 44.7 Å². The predicted octanol–water partition coefficient (Wildman–Crippen LogP) is 6.13. The SMILES string of the molecule is CC1(C)[C@@H]2C3=C(O[C@]4(C)CC[C@H]1[C@H]24)c1ccccc1Oc1ccccc13. The van der Waals surface area contributed by atoms with Crippen LogP contribution in [0.25, 0.3) is 11.3 Å². The van der Waals surface area contributed by atoms with E-state index in [0.717, 1.165) is 35.2 Å². The van der Waals surface area contributed by atoms with Crippen molar-refractivity contribution >= 4 is 11.3 Å². The molecule has 2 fully saturated rings. The van der Waals surface area contributed by atoms with Gasteiger partial charge in [0.05, 0.1) is 5.56 Å². The standard InChI is InChI=1S/C24H24O2/c1-23(2)16-12-13-24(3)20(16)21(23)19-14-8-4-6-10-17(14)25-18-11-7-5-9-15(18)22(19)26-24/h4-11,16,20-21H,12-13H2,1-3H3/t16-,20+,21+,24+/m0/s1. The first-order valence-electron chi connectivity index (χ1n) is 9.80. The lowest BCUT2D eigenvalue weighted by molar-refractivity contribution is -0.135. The maximum absolute atomic E-state index is 6.86. The summed E-state index contributed by atoms with van der Waals surface area (Å²) >= 11 is 0. The van der Waals surface area contributed by atoms with Crippen LogP contribution in [0, 0.1) is 23.2 Å². The average molecular weight is 344 g/mol. The Hall–Kier alpha value is -2.22. The van der Waals surface area contributed by atoms with E-state index in [4.69, 9.17) is 9.47 Å². The van der Waals surface area contributed by atoms with Gasteiger partial charge >= 0.3 is 0 Å². The summed E-state index contributed by atoms with van der Waals surface area (Å²) in [4.78, 5) is 0. The van der Waals surface area contributed by atoms with Gasteiger partial charge in [-0.25, -0.2) is 0 Å². The molecule has 2 heteroatoms. The lowest BCUT2D eigenvalue weighted by Crippen LogP contribution is -2.60. The summed E-state index contributed by atoms with van der Waals surface area (Å²) in [6.07, 6.45) is 2.44. The Bertz CT molecular complexity index is 970. The third-order valence-electron chi connectivity index (χ3n) is 7.63. The van der Waals surface area contributed by atoms with E-state index in [9.17, 15) is 0 Å². The van der Waals surface area contributed by atoms with Gasteiger partial charge in [0, 0.05) is 23.0 Å². The fourth-order valence-corrected chi connectivity index (χ4v) is 6.44. The normalized spacial score (nSPS) is 35.0. The lowest BCUT2D eigenvalue weighted by atomic mass is 9.44. The van der Waals surface area contributed by atoms with Gasteiger partial charge in [-0.1, -0.05) is 44.2 Å². The molecule has 26 heavy (non-hydrogen) atoms. The highest BCUT2D eigenvalue weighted by atomic mass is 16.5. The van der Waals surface area contributed by atoms with E-state index in [1.807, 2.05) is 6.07 Å². The minimum Gasteiger partial charge on any atom is -0.486 e. The number of benzene rings is 2. The van der Waals surface area contributed by atoms with Crippen molar-refractivity contribution in [1.29, 1.82) is 0 Å². The molecular formula is C24H24O2. The van der Waals surface area contributed by atoms with Crippen LogP contribution in [0.3, 0.4) is 0 Å². The van der Waals surface area contributed by atoms with Gasteiger partial charge in [0.2, 0.25) is 0 Å². The minimum atomic E-state index is -0.0456. The Morgan fingerprint density at radius 3 is 2.31 bits per heavy atom. The quantitative estimate of drug-likeness (QED) is 0.572. The fourth-order valence-electron chi connectivity index (χ4n) is 6.44. The molecule has 2 nitrogen and oxygen atoms in total. The zero-order chi connectivity index (χ0) is 17.7. The molecule has 4 atom stereocenters. The van der Waals surface area contributed by atoms with Gasteiger partial charge in [-0.15, -0.1) is 0 Å². The summed E-state index contributed by atoms with van der Waals surface area (Å²) in [5.41, 5.74) is 3.94.